The summed E-state index contributed by atoms with van der Waals surface area (Å²) in [6.45, 7) is 3.43. The van der Waals surface area contributed by atoms with Crippen LogP contribution in [0.4, 0.5) is 11.4 Å². The Hall–Kier alpha value is -1.64. The first-order valence-corrected chi connectivity index (χ1v) is 7.60. The number of nitrogens with one attached hydrogen (secondary N) is 1. The van der Waals surface area contributed by atoms with Crippen LogP contribution in [-0.4, -0.2) is 60.0 Å². The summed E-state index contributed by atoms with van der Waals surface area (Å²) in [6, 6.07) is 4.87. The molecule has 0 spiro atoms. The molecule has 1 heterocycles. The van der Waals surface area contributed by atoms with E-state index in [1.54, 1.807) is 12.1 Å². The van der Waals surface area contributed by atoms with E-state index >= 15 is 0 Å². The van der Waals surface area contributed by atoms with Crippen LogP contribution in [0.1, 0.15) is 10.4 Å². The quantitative estimate of drug-likeness (QED) is 0.641. The van der Waals surface area contributed by atoms with Crippen molar-refractivity contribution in [3.8, 4) is 0 Å². The average molecular weight is 312 g/mol. The SMILES string of the molecule is COC(=O)c1cc(NS(=O)[O-])ccc1N1CCN(C)CC1. The minimum Gasteiger partial charge on any atom is -0.755 e. The lowest BCUT2D eigenvalue weighted by Gasteiger charge is -2.35. The third kappa shape index (κ3) is 3.93. The summed E-state index contributed by atoms with van der Waals surface area (Å²) in [6.07, 6.45) is 0. The molecule has 0 saturated carbocycles. The predicted molar refractivity (Wildman–Crippen MR) is 80.0 cm³/mol. The van der Waals surface area contributed by atoms with Crippen molar-refractivity contribution < 1.29 is 18.3 Å². The first kappa shape index (κ1) is 15.7. The van der Waals surface area contributed by atoms with E-state index < -0.39 is 17.2 Å². The lowest BCUT2D eigenvalue weighted by molar-refractivity contribution is 0.0601. The van der Waals surface area contributed by atoms with Crippen LogP contribution in [0.25, 0.3) is 0 Å². The van der Waals surface area contributed by atoms with Gasteiger partial charge in [-0.15, -0.1) is 0 Å². The molecular weight excluding hydrogens is 294 g/mol. The molecule has 1 aromatic carbocycles. The van der Waals surface area contributed by atoms with Crippen LogP contribution >= 0.6 is 0 Å². The standard InChI is InChI=1S/C13H19N3O4S/c1-15-5-7-16(8-6-15)12-4-3-10(14-21(18)19)9-11(12)13(17)20-2/h3-4,9,14H,5-8H2,1-2H3,(H,18,19)/p-1. The maximum atomic E-state index is 11.9. The number of esters is 1. The number of benzene rings is 1. The van der Waals surface area contributed by atoms with Crippen LogP contribution < -0.4 is 9.62 Å². The summed E-state index contributed by atoms with van der Waals surface area (Å²) in [5.74, 6) is -0.482. The molecule has 116 valence electrons. The second kappa shape index (κ2) is 6.88. The summed E-state index contributed by atoms with van der Waals surface area (Å²) >= 11 is -2.43. The minimum absolute atomic E-state index is 0.335. The second-order valence-electron chi connectivity index (χ2n) is 4.85. The fourth-order valence-electron chi connectivity index (χ4n) is 2.29. The number of rotatable bonds is 4. The zero-order chi connectivity index (χ0) is 15.4. The number of hydrogen-bond acceptors (Lipinski definition) is 6. The highest BCUT2D eigenvalue weighted by Crippen LogP contribution is 2.26. The Labute approximate surface area is 126 Å². The van der Waals surface area contributed by atoms with Gasteiger partial charge in [-0.3, -0.25) is 4.21 Å². The van der Waals surface area contributed by atoms with Gasteiger partial charge in [-0.1, -0.05) is 0 Å². The molecule has 21 heavy (non-hydrogen) atoms. The fraction of sp³-hybridized carbons (Fsp3) is 0.462. The van der Waals surface area contributed by atoms with Crippen LogP contribution in [0.3, 0.4) is 0 Å². The van der Waals surface area contributed by atoms with E-state index in [4.69, 9.17) is 4.74 Å². The van der Waals surface area contributed by atoms with Crippen LogP contribution in [0.5, 0.6) is 0 Å². The van der Waals surface area contributed by atoms with Gasteiger partial charge in [0.2, 0.25) is 0 Å². The van der Waals surface area contributed by atoms with Gasteiger partial charge < -0.3 is 23.8 Å². The number of piperazine rings is 1. The van der Waals surface area contributed by atoms with Crippen molar-refractivity contribution in [2.45, 2.75) is 0 Å². The van der Waals surface area contributed by atoms with Gasteiger partial charge in [-0.2, -0.15) is 0 Å². The van der Waals surface area contributed by atoms with Crippen molar-refractivity contribution in [3.63, 3.8) is 0 Å². The first-order chi connectivity index (χ1) is 10.0. The molecule has 0 aliphatic carbocycles. The molecule has 1 saturated heterocycles. The van der Waals surface area contributed by atoms with Gasteiger partial charge in [0.25, 0.3) is 0 Å². The van der Waals surface area contributed by atoms with Gasteiger partial charge in [0.05, 0.1) is 18.4 Å². The van der Waals surface area contributed by atoms with Gasteiger partial charge in [0, 0.05) is 43.1 Å². The maximum Gasteiger partial charge on any atom is 0.340 e. The van der Waals surface area contributed by atoms with Gasteiger partial charge in [0.1, 0.15) is 0 Å². The van der Waals surface area contributed by atoms with E-state index in [2.05, 4.69) is 21.6 Å². The third-order valence-electron chi connectivity index (χ3n) is 3.45. The molecule has 0 radical (unpaired) electrons. The molecule has 7 nitrogen and oxygen atoms in total. The second-order valence-corrected chi connectivity index (χ2v) is 5.52. The largest absolute Gasteiger partial charge is 0.755 e. The Morgan fingerprint density at radius 3 is 2.57 bits per heavy atom. The Kier molecular flexibility index (Phi) is 5.16. The number of likely N-dealkylation sites (N-methyl/N-ethyl adjacent to an activating group) is 1. The predicted octanol–water partition coefficient (Wildman–Crippen LogP) is 0.431. The van der Waals surface area contributed by atoms with Crippen molar-refractivity contribution in [1.82, 2.24) is 4.90 Å². The van der Waals surface area contributed by atoms with Crippen LogP contribution in [-0.2, 0) is 16.0 Å². The number of carbonyl (C=O) groups is 1. The highest BCUT2D eigenvalue weighted by Gasteiger charge is 2.21. The zero-order valence-corrected chi connectivity index (χ0v) is 12.8. The lowest BCUT2D eigenvalue weighted by atomic mass is 10.1. The molecule has 0 aromatic heterocycles. The molecule has 1 fully saturated rings. The smallest absolute Gasteiger partial charge is 0.340 e. The molecule has 1 aromatic rings. The van der Waals surface area contributed by atoms with Crippen LogP contribution in [0.2, 0.25) is 0 Å². The molecule has 0 amide bonds. The molecule has 8 heteroatoms. The lowest BCUT2D eigenvalue weighted by Crippen LogP contribution is -2.45. The summed E-state index contributed by atoms with van der Waals surface area (Å²) in [5, 5.41) is 0. The summed E-state index contributed by atoms with van der Waals surface area (Å²) < 4.78 is 28.4. The van der Waals surface area contributed by atoms with Crippen molar-refractivity contribution in [1.29, 1.82) is 0 Å². The average Bonchev–Trinajstić information content (AvgIpc) is 2.47. The van der Waals surface area contributed by atoms with Gasteiger partial charge in [-0.25, -0.2) is 4.79 Å². The molecule has 1 unspecified atom stereocenters. The first-order valence-electron chi connectivity index (χ1n) is 6.53. The van der Waals surface area contributed by atoms with Gasteiger partial charge in [0.15, 0.2) is 0 Å². The van der Waals surface area contributed by atoms with Crippen molar-refractivity contribution >= 4 is 28.6 Å². The highest BCUT2D eigenvalue weighted by molar-refractivity contribution is 7.80. The van der Waals surface area contributed by atoms with Crippen molar-refractivity contribution in [2.24, 2.45) is 0 Å². The maximum absolute atomic E-state index is 11.9. The van der Waals surface area contributed by atoms with Crippen LogP contribution in [0, 0.1) is 0 Å². The Balaban J connectivity index is 2.31. The summed E-state index contributed by atoms with van der Waals surface area (Å²) in [4.78, 5) is 16.3. The van der Waals surface area contributed by atoms with E-state index in [9.17, 15) is 13.6 Å². The van der Waals surface area contributed by atoms with E-state index in [-0.39, 0.29) is 0 Å². The summed E-state index contributed by atoms with van der Waals surface area (Å²) in [5.41, 5.74) is 1.45. The van der Waals surface area contributed by atoms with E-state index in [0.717, 1.165) is 31.9 Å². The molecular formula is C13H18N3O4S-. The zero-order valence-electron chi connectivity index (χ0n) is 12.0. The normalized spacial score (nSPS) is 17.4. The number of ether oxygens (including phenoxy) is 1. The fourth-order valence-corrected chi connectivity index (χ4v) is 2.61. The summed E-state index contributed by atoms with van der Waals surface area (Å²) in [7, 11) is 3.36. The number of nitrogens with zero attached hydrogens (tertiary/aromatic N) is 2. The number of methoxy groups -OCH3 is 1. The molecule has 1 atom stereocenters. The van der Waals surface area contributed by atoms with E-state index in [0.29, 0.717) is 11.3 Å². The van der Waals surface area contributed by atoms with Crippen molar-refractivity contribution in [2.75, 3.05) is 50.0 Å². The number of carbonyl (C=O) groups excluding carboxylic acids is 1. The van der Waals surface area contributed by atoms with E-state index in [1.807, 2.05) is 0 Å². The molecule has 2 rings (SSSR count). The Morgan fingerprint density at radius 1 is 1.33 bits per heavy atom. The molecule has 1 N–H and O–H groups in total. The molecule has 1 aliphatic rings. The van der Waals surface area contributed by atoms with Gasteiger partial charge >= 0.3 is 5.97 Å². The van der Waals surface area contributed by atoms with Crippen molar-refractivity contribution in [3.05, 3.63) is 23.8 Å². The Morgan fingerprint density at radius 2 is 2.00 bits per heavy atom. The Bertz CT molecular complexity index is 544. The van der Waals surface area contributed by atoms with Crippen LogP contribution in [0.15, 0.2) is 18.2 Å². The topological polar surface area (TPSA) is 84.9 Å². The minimum atomic E-state index is -2.43. The molecule has 0 bridgehead atoms. The van der Waals surface area contributed by atoms with E-state index in [1.165, 1.54) is 13.2 Å². The highest BCUT2D eigenvalue weighted by atomic mass is 32.2. The molecule has 1 aliphatic heterocycles. The van der Waals surface area contributed by atoms with Gasteiger partial charge in [-0.05, 0) is 25.2 Å². The number of hydrogen-bond donors (Lipinski definition) is 1. The third-order valence-corrected chi connectivity index (χ3v) is 3.85. The monoisotopic (exact) mass is 312 g/mol. The number of anilines is 2.